The van der Waals surface area contributed by atoms with E-state index in [9.17, 15) is 0 Å². The molecule has 4 aromatic rings. The highest BCUT2D eigenvalue weighted by molar-refractivity contribution is 5.93. The average Bonchev–Trinajstić information content (AvgIpc) is 3.47. The SMILES string of the molecule is N#Cc1cnc(Nc2cc(-c3c(OCC4(CN)CC4)cnc4cccnc34)[nH]n2)cn1. The molecule has 10 heteroatoms. The molecule has 4 aromatic heterocycles. The number of H-pyrrole nitrogens is 1. The van der Waals surface area contributed by atoms with Gasteiger partial charge in [-0.3, -0.25) is 15.1 Å². The number of nitriles is 1. The zero-order valence-electron chi connectivity index (χ0n) is 16.5. The van der Waals surface area contributed by atoms with Crippen LogP contribution in [0.3, 0.4) is 0 Å². The summed E-state index contributed by atoms with van der Waals surface area (Å²) in [5.74, 6) is 1.64. The number of pyridine rings is 2. The molecule has 0 bridgehead atoms. The van der Waals surface area contributed by atoms with E-state index in [2.05, 4.69) is 35.5 Å². The monoisotopic (exact) mass is 413 g/mol. The molecule has 1 aliphatic rings. The van der Waals surface area contributed by atoms with Crippen molar-refractivity contribution >= 4 is 22.7 Å². The van der Waals surface area contributed by atoms with Crippen molar-refractivity contribution in [1.82, 2.24) is 30.1 Å². The average molecular weight is 413 g/mol. The molecule has 0 saturated heterocycles. The molecule has 0 unspecified atom stereocenters. The molecular weight excluding hydrogens is 394 g/mol. The lowest BCUT2D eigenvalue weighted by Crippen LogP contribution is -2.23. The zero-order valence-corrected chi connectivity index (χ0v) is 16.5. The zero-order chi connectivity index (χ0) is 21.3. The Balaban J connectivity index is 1.48. The van der Waals surface area contributed by atoms with Gasteiger partial charge in [0.25, 0.3) is 0 Å². The second-order valence-corrected chi connectivity index (χ2v) is 7.55. The third-order valence-electron chi connectivity index (χ3n) is 5.38. The number of ether oxygens (including phenoxy) is 1. The van der Waals surface area contributed by atoms with Gasteiger partial charge < -0.3 is 15.8 Å². The van der Waals surface area contributed by atoms with E-state index in [1.807, 2.05) is 24.3 Å². The van der Waals surface area contributed by atoms with E-state index in [-0.39, 0.29) is 11.1 Å². The Morgan fingerprint density at radius 1 is 1.16 bits per heavy atom. The normalized spacial score (nSPS) is 14.2. The van der Waals surface area contributed by atoms with Crippen LogP contribution < -0.4 is 15.8 Å². The van der Waals surface area contributed by atoms with Crippen molar-refractivity contribution in [2.75, 3.05) is 18.5 Å². The summed E-state index contributed by atoms with van der Waals surface area (Å²) in [6, 6.07) is 7.53. The van der Waals surface area contributed by atoms with Crippen LogP contribution in [0.15, 0.2) is 43.0 Å². The van der Waals surface area contributed by atoms with Crippen LogP contribution in [-0.2, 0) is 0 Å². The minimum absolute atomic E-state index is 0.0608. The highest BCUT2D eigenvalue weighted by Gasteiger charge is 2.42. The first-order valence-electron chi connectivity index (χ1n) is 9.81. The van der Waals surface area contributed by atoms with Crippen molar-refractivity contribution in [3.63, 3.8) is 0 Å². The Bertz CT molecular complexity index is 1270. The fourth-order valence-electron chi connectivity index (χ4n) is 3.28. The molecule has 4 heterocycles. The lowest BCUT2D eigenvalue weighted by Gasteiger charge is -2.16. The molecule has 0 amide bonds. The van der Waals surface area contributed by atoms with Crippen LogP contribution in [0, 0.1) is 16.7 Å². The molecule has 4 N–H and O–H groups in total. The van der Waals surface area contributed by atoms with E-state index < -0.39 is 0 Å². The number of fused-ring (bicyclic) bond motifs is 1. The summed E-state index contributed by atoms with van der Waals surface area (Å²) >= 11 is 0. The summed E-state index contributed by atoms with van der Waals surface area (Å²) in [6.45, 7) is 1.14. The van der Waals surface area contributed by atoms with Crippen LogP contribution in [0.5, 0.6) is 5.75 Å². The van der Waals surface area contributed by atoms with Crippen molar-refractivity contribution in [2.24, 2.45) is 11.1 Å². The van der Waals surface area contributed by atoms with E-state index in [4.69, 9.17) is 15.7 Å². The molecule has 5 rings (SSSR count). The van der Waals surface area contributed by atoms with Gasteiger partial charge in [0.15, 0.2) is 11.5 Å². The minimum Gasteiger partial charge on any atom is -0.491 e. The van der Waals surface area contributed by atoms with E-state index >= 15 is 0 Å². The summed E-state index contributed by atoms with van der Waals surface area (Å²) in [6.07, 6.45) is 8.46. The predicted molar refractivity (Wildman–Crippen MR) is 113 cm³/mol. The third-order valence-corrected chi connectivity index (χ3v) is 5.38. The van der Waals surface area contributed by atoms with Crippen LogP contribution in [0.4, 0.5) is 11.6 Å². The molecule has 10 nitrogen and oxygen atoms in total. The fraction of sp³-hybridized carbons (Fsp3) is 0.238. The summed E-state index contributed by atoms with van der Waals surface area (Å²) in [4.78, 5) is 17.2. The van der Waals surface area contributed by atoms with Gasteiger partial charge in [-0.25, -0.2) is 9.97 Å². The van der Waals surface area contributed by atoms with Crippen molar-refractivity contribution in [3.05, 3.63) is 48.7 Å². The largest absolute Gasteiger partial charge is 0.491 e. The van der Waals surface area contributed by atoms with E-state index in [0.29, 0.717) is 36.1 Å². The number of hydrogen-bond acceptors (Lipinski definition) is 9. The molecule has 31 heavy (non-hydrogen) atoms. The van der Waals surface area contributed by atoms with Crippen molar-refractivity contribution < 1.29 is 4.74 Å². The van der Waals surface area contributed by atoms with Crippen LogP contribution >= 0.6 is 0 Å². The molecule has 1 fully saturated rings. The smallest absolute Gasteiger partial charge is 0.158 e. The van der Waals surface area contributed by atoms with Crippen LogP contribution in [0.1, 0.15) is 18.5 Å². The summed E-state index contributed by atoms with van der Waals surface area (Å²) in [5.41, 5.74) is 9.19. The van der Waals surface area contributed by atoms with Gasteiger partial charge in [-0.15, -0.1) is 0 Å². The van der Waals surface area contributed by atoms with Crippen LogP contribution in [0.2, 0.25) is 0 Å². The topological polar surface area (TPSA) is 151 Å². The number of anilines is 2. The molecular formula is C21H19N9O. The van der Waals surface area contributed by atoms with Gasteiger partial charge in [-0.05, 0) is 25.0 Å². The quantitative estimate of drug-likeness (QED) is 0.415. The lowest BCUT2D eigenvalue weighted by molar-refractivity contribution is 0.239. The van der Waals surface area contributed by atoms with Crippen molar-refractivity contribution in [3.8, 4) is 23.1 Å². The lowest BCUT2D eigenvalue weighted by atomic mass is 10.1. The maximum absolute atomic E-state index is 8.85. The summed E-state index contributed by atoms with van der Waals surface area (Å²) in [5, 5.41) is 19.3. The number of nitrogens with zero attached hydrogens (tertiary/aromatic N) is 6. The van der Waals surface area contributed by atoms with E-state index in [1.165, 1.54) is 12.4 Å². The Hall–Kier alpha value is -4.10. The van der Waals surface area contributed by atoms with Crippen molar-refractivity contribution in [1.29, 1.82) is 5.26 Å². The number of hydrogen-bond donors (Lipinski definition) is 3. The van der Waals surface area contributed by atoms with Crippen LogP contribution in [-0.4, -0.2) is 43.3 Å². The molecule has 1 saturated carbocycles. The Kier molecular flexibility index (Phi) is 4.65. The first-order valence-corrected chi connectivity index (χ1v) is 9.81. The van der Waals surface area contributed by atoms with Gasteiger partial charge in [-0.2, -0.15) is 10.4 Å². The number of aromatic amines is 1. The molecule has 0 spiro atoms. The Morgan fingerprint density at radius 3 is 2.81 bits per heavy atom. The standard InChI is InChI=1S/C21H19N9O/c22-7-13-8-27-18(10-25-13)28-17-6-15(29-30-17)19-16(31-12-21(11-23)3-4-21)9-26-14-2-1-5-24-20(14)19/h1-2,5-6,8-10H,3-4,11-12,23H2,(H2,27,28,29,30). The highest BCUT2D eigenvalue weighted by atomic mass is 16.5. The molecule has 0 atom stereocenters. The minimum atomic E-state index is 0.0608. The van der Waals surface area contributed by atoms with Gasteiger partial charge in [0.2, 0.25) is 0 Å². The van der Waals surface area contributed by atoms with Gasteiger partial charge in [0, 0.05) is 24.2 Å². The Morgan fingerprint density at radius 2 is 2.06 bits per heavy atom. The first kappa shape index (κ1) is 18.9. The molecule has 0 radical (unpaired) electrons. The summed E-state index contributed by atoms with van der Waals surface area (Å²) in [7, 11) is 0. The number of nitrogens with two attached hydrogens (primary N) is 1. The molecule has 0 aliphatic heterocycles. The second kappa shape index (κ2) is 7.62. The van der Waals surface area contributed by atoms with Gasteiger partial charge in [-0.1, -0.05) is 0 Å². The first-order chi connectivity index (χ1) is 15.2. The number of rotatable bonds is 7. The third kappa shape index (κ3) is 3.74. The fourth-order valence-corrected chi connectivity index (χ4v) is 3.28. The maximum Gasteiger partial charge on any atom is 0.158 e. The summed E-state index contributed by atoms with van der Waals surface area (Å²) < 4.78 is 6.17. The highest BCUT2D eigenvalue weighted by Crippen LogP contribution is 2.45. The maximum atomic E-state index is 8.85. The van der Waals surface area contributed by atoms with Crippen molar-refractivity contribution in [2.45, 2.75) is 12.8 Å². The number of nitrogens with one attached hydrogen (secondary N) is 2. The second-order valence-electron chi connectivity index (χ2n) is 7.55. The predicted octanol–water partition coefficient (Wildman–Crippen LogP) is 2.54. The van der Waals surface area contributed by atoms with E-state index in [0.717, 1.165) is 29.6 Å². The Labute approximate surface area is 177 Å². The molecule has 0 aromatic carbocycles. The van der Waals surface area contributed by atoms with Gasteiger partial charge in [0.1, 0.15) is 23.2 Å². The van der Waals surface area contributed by atoms with E-state index in [1.54, 1.807) is 12.4 Å². The number of aromatic nitrogens is 6. The van der Waals surface area contributed by atoms with Crippen LogP contribution in [0.25, 0.3) is 22.3 Å². The van der Waals surface area contributed by atoms with Gasteiger partial charge >= 0.3 is 0 Å². The molecule has 1 aliphatic carbocycles. The molecule has 154 valence electrons. The van der Waals surface area contributed by atoms with Gasteiger partial charge in [0.05, 0.1) is 42.0 Å².